The molecule has 0 heterocycles. The van der Waals surface area contributed by atoms with Crippen molar-refractivity contribution in [2.24, 2.45) is 0 Å². The molecule has 0 aromatic carbocycles. The van der Waals surface area contributed by atoms with Crippen LogP contribution in [0.15, 0.2) is 0 Å². The fraction of sp³-hybridized carbons (Fsp3) is 0.900. The highest BCUT2D eigenvalue weighted by atomic mass is 16.7. The van der Waals surface area contributed by atoms with Crippen LogP contribution in [0.2, 0.25) is 0 Å². The summed E-state index contributed by atoms with van der Waals surface area (Å²) >= 11 is 0. The monoisotopic (exact) mass is 204 g/mol. The maximum Gasteiger partial charge on any atom is 0.305 e. The van der Waals surface area contributed by atoms with E-state index in [0.29, 0.717) is 26.1 Å². The van der Waals surface area contributed by atoms with Crippen molar-refractivity contribution in [3.63, 3.8) is 0 Å². The van der Waals surface area contributed by atoms with Gasteiger partial charge in [0, 0.05) is 19.6 Å². The fourth-order valence-electron chi connectivity index (χ4n) is 1.23. The Kier molecular flexibility index (Phi) is 6.49. The normalized spacial score (nSPS) is 11.4. The molecule has 0 aromatic heterocycles. The van der Waals surface area contributed by atoms with Crippen molar-refractivity contribution in [3.8, 4) is 0 Å². The van der Waals surface area contributed by atoms with Crippen LogP contribution >= 0.6 is 0 Å². The highest BCUT2D eigenvalue weighted by Crippen LogP contribution is 2.19. The van der Waals surface area contributed by atoms with E-state index < -0.39 is 5.79 Å². The first-order valence-electron chi connectivity index (χ1n) is 4.92. The van der Waals surface area contributed by atoms with Gasteiger partial charge in [0.2, 0.25) is 0 Å². The predicted molar refractivity (Wildman–Crippen MR) is 52.9 cm³/mol. The third-order valence-electron chi connectivity index (χ3n) is 1.91. The van der Waals surface area contributed by atoms with E-state index in [2.05, 4.69) is 4.74 Å². The second-order valence-electron chi connectivity index (χ2n) is 3.08. The topological polar surface area (TPSA) is 44.8 Å². The van der Waals surface area contributed by atoms with Crippen LogP contribution in [-0.4, -0.2) is 32.1 Å². The smallest absolute Gasteiger partial charge is 0.305 e. The van der Waals surface area contributed by atoms with Gasteiger partial charge < -0.3 is 14.2 Å². The summed E-state index contributed by atoms with van der Waals surface area (Å²) < 4.78 is 15.4. The summed E-state index contributed by atoms with van der Waals surface area (Å²) in [5.41, 5.74) is 0. The second-order valence-corrected chi connectivity index (χ2v) is 3.08. The van der Waals surface area contributed by atoms with Gasteiger partial charge in [-0.3, -0.25) is 4.79 Å². The molecular formula is C10H20O4. The van der Waals surface area contributed by atoms with E-state index >= 15 is 0 Å². The molecule has 0 N–H and O–H groups in total. The molecule has 84 valence electrons. The van der Waals surface area contributed by atoms with Crippen molar-refractivity contribution in [3.05, 3.63) is 0 Å². The molecule has 0 aromatic rings. The van der Waals surface area contributed by atoms with Gasteiger partial charge in [0.15, 0.2) is 5.79 Å². The number of esters is 1. The Bertz CT molecular complexity index is 162. The lowest BCUT2D eigenvalue weighted by atomic mass is 10.1. The summed E-state index contributed by atoms with van der Waals surface area (Å²) in [6, 6.07) is 0. The summed E-state index contributed by atoms with van der Waals surface area (Å²) in [5, 5.41) is 0. The van der Waals surface area contributed by atoms with Crippen LogP contribution < -0.4 is 0 Å². The van der Waals surface area contributed by atoms with E-state index in [9.17, 15) is 4.79 Å². The van der Waals surface area contributed by atoms with Gasteiger partial charge in [-0.05, 0) is 20.8 Å². The first-order valence-corrected chi connectivity index (χ1v) is 4.92. The zero-order chi connectivity index (χ0) is 11.0. The van der Waals surface area contributed by atoms with Crippen LogP contribution in [0.3, 0.4) is 0 Å². The number of ether oxygens (including phenoxy) is 3. The van der Waals surface area contributed by atoms with Gasteiger partial charge in [-0.1, -0.05) is 0 Å². The molecule has 0 saturated heterocycles. The van der Waals surface area contributed by atoms with Gasteiger partial charge >= 0.3 is 5.97 Å². The van der Waals surface area contributed by atoms with Crippen molar-refractivity contribution in [1.29, 1.82) is 0 Å². The van der Waals surface area contributed by atoms with Crippen LogP contribution in [0.5, 0.6) is 0 Å². The number of hydrogen-bond acceptors (Lipinski definition) is 4. The first-order chi connectivity index (χ1) is 6.58. The minimum atomic E-state index is -0.669. The molecule has 14 heavy (non-hydrogen) atoms. The number of carbonyl (C=O) groups excluding carboxylic acids is 1. The van der Waals surface area contributed by atoms with Crippen LogP contribution in [0, 0.1) is 0 Å². The molecule has 0 aliphatic rings. The summed E-state index contributed by atoms with van der Waals surface area (Å²) in [4.78, 5) is 10.9. The number of methoxy groups -OCH3 is 1. The minimum absolute atomic E-state index is 0.240. The predicted octanol–water partition coefficient (Wildman–Crippen LogP) is 1.73. The molecule has 4 heteroatoms. The number of carbonyl (C=O) groups is 1. The van der Waals surface area contributed by atoms with E-state index in [1.807, 2.05) is 20.8 Å². The molecule has 0 aliphatic carbocycles. The zero-order valence-electron chi connectivity index (χ0n) is 9.46. The van der Waals surface area contributed by atoms with Gasteiger partial charge in [-0.25, -0.2) is 0 Å². The molecule has 4 nitrogen and oxygen atoms in total. The lowest BCUT2D eigenvalue weighted by Crippen LogP contribution is -2.33. The highest BCUT2D eigenvalue weighted by molar-refractivity contribution is 5.69. The fourth-order valence-corrected chi connectivity index (χ4v) is 1.23. The molecule has 0 fully saturated rings. The number of hydrogen-bond donors (Lipinski definition) is 0. The Labute approximate surface area is 85.5 Å². The van der Waals surface area contributed by atoms with Gasteiger partial charge in [-0.15, -0.1) is 0 Å². The Morgan fingerprint density at radius 3 is 2.07 bits per heavy atom. The Hall–Kier alpha value is -0.610. The van der Waals surface area contributed by atoms with E-state index in [-0.39, 0.29) is 5.97 Å². The molecule has 0 atom stereocenters. The molecule has 0 spiro atoms. The third-order valence-corrected chi connectivity index (χ3v) is 1.91. The van der Waals surface area contributed by atoms with Crippen molar-refractivity contribution in [2.45, 2.75) is 39.4 Å². The molecule has 0 amide bonds. The Morgan fingerprint density at radius 2 is 1.71 bits per heavy atom. The molecule has 0 radical (unpaired) electrons. The summed E-state index contributed by atoms with van der Waals surface area (Å²) in [5.74, 6) is -0.909. The zero-order valence-corrected chi connectivity index (χ0v) is 9.46. The van der Waals surface area contributed by atoms with E-state index in [1.165, 1.54) is 7.11 Å². The summed E-state index contributed by atoms with van der Waals surface area (Å²) in [6.45, 7) is 6.77. The number of rotatable bonds is 7. The van der Waals surface area contributed by atoms with Crippen LogP contribution in [0.1, 0.15) is 33.6 Å². The van der Waals surface area contributed by atoms with Crippen molar-refractivity contribution < 1.29 is 19.0 Å². The maximum absolute atomic E-state index is 10.9. The molecule has 0 unspecified atom stereocenters. The quantitative estimate of drug-likeness (QED) is 0.468. The summed E-state index contributed by atoms with van der Waals surface area (Å²) in [7, 11) is 1.38. The standard InChI is InChI=1S/C10H20O4/c1-5-13-10(3,14-6-2)8-7-9(11)12-4/h5-8H2,1-4H3. The maximum atomic E-state index is 10.9. The molecule has 0 rings (SSSR count). The van der Waals surface area contributed by atoms with Gasteiger partial charge in [0.25, 0.3) is 0 Å². The molecule has 0 aliphatic heterocycles. The third kappa shape index (κ3) is 5.19. The van der Waals surface area contributed by atoms with Gasteiger partial charge in [-0.2, -0.15) is 0 Å². The lowest BCUT2D eigenvalue weighted by Gasteiger charge is -2.28. The Balaban J connectivity index is 4.01. The Morgan fingerprint density at radius 1 is 1.21 bits per heavy atom. The largest absolute Gasteiger partial charge is 0.469 e. The van der Waals surface area contributed by atoms with Gasteiger partial charge in [0.1, 0.15) is 0 Å². The van der Waals surface area contributed by atoms with E-state index in [1.54, 1.807) is 0 Å². The first kappa shape index (κ1) is 13.4. The van der Waals surface area contributed by atoms with E-state index in [0.717, 1.165) is 0 Å². The highest BCUT2D eigenvalue weighted by Gasteiger charge is 2.25. The lowest BCUT2D eigenvalue weighted by molar-refractivity contribution is -0.225. The van der Waals surface area contributed by atoms with Gasteiger partial charge in [0.05, 0.1) is 13.5 Å². The van der Waals surface area contributed by atoms with Crippen molar-refractivity contribution >= 4 is 5.97 Å². The van der Waals surface area contributed by atoms with Crippen LogP contribution in [0.4, 0.5) is 0 Å². The van der Waals surface area contributed by atoms with Crippen molar-refractivity contribution in [2.75, 3.05) is 20.3 Å². The molecule has 0 saturated carbocycles. The van der Waals surface area contributed by atoms with Crippen LogP contribution in [-0.2, 0) is 19.0 Å². The van der Waals surface area contributed by atoms with E-state index in [4.69, 9.17) is 9.47 Å². The minimum Gasteiger partial charge on any atom is -0.469 e. The molecular weight excluding hydrogens is 184 g/mol. The average Bonchev–Trinajstić information content (AvgIpc) is 2.15. The average molecular weight is 204 g/mol. The van der Waals surface area contributed by atoms with Crippen molar-refractivity contribution in [1.82, 2.24) is 0 Å². The second kappa shape index (κ2) is 6.79. The summed E-state index contributed by atoms with van der Waals surface area (Å²) in [6.07, 6.45) is 0.828. The SMILES string of the molecule is CCOC(C)(CCC(=O)OC)OCC. The molecule has 0 bridgehead atoms. The van der Waals surface area contributed by atoms with Crippen LogP contribution in [0.25, 0.3) is 0 Å².